The van der Waals surface area contributed by atoms with Crippen LogP contribution >= 0.6 is 0 Å². The van der Waals surface area contributed by atoms with E-state index in [4.69, 9.17) is 0 Å². The summed E-state index contributed by atoms with van der Waals surface area (Å²) in [5.74, 6) is -2.18. The summed E-state index contributed by atoms with van der Waals surface area (Å²) in [6.45, 7) is 3.72. The lowest BCUT2D eigenvalue weighted by molar-refractivity contribution is -0.140. The smallest absolute Gasteiger partial charge is 0.390 e. The van der Waals surface area contributed by atoms with Gasteiger partial charge in [-0.05, 0) is 43.0 Å². The van der Waals surface area contributed by atoms with Gasteiger partial charge in [0.1, 0.15) is 29.8 Å². The molecule has 4 atom stereocenters. The number of hydrogen-bond donors (Lipinski definition) is 3. The molecule has 179 valence electrons. The molecule has 1 fully saturated rings. The van der Waals surface area contributed by atoms with Crippen LogP contribution in [-0.2, 0) is 12.7 Å². The molecule has 0 amide bonds. The summed E-state index contributed by atoms with van der Waals surface area (Å²) >= 11 is 0. The van der Waals surface area contributed by atoms with E-state index < -0.39 is 41.6 Å². The first kappa shape index (κ1) is 23.8. The van der Waals surface area contributed by atoms with E-state index in [0.717, 1.165) is 12.1 Å². The van der Waals surface area contributed by atoms with E-state index in [1.807, 2.05) is 0 Å². The van der Waals surface area contributed by atoms with E-state index in [1.165, 1.54) is 29.5 Å². The predicted octanol–water partition coefficient (Wildman–Crippen LogP) is 2.47. The number of rotatable bonds is 6. The third-order valence-corrected chi connectivity index (χ3v) is 5.64. The number of hydrogen-bond acceptors (Lipinski definition) is 7. The average molecular weight is 478 g/mol. The van der Waals surface area contributed by atoms with Crippen LogP contribution in [0.1, 0.15) is 33.6 Å². The number of aromatic nitrogens is 4. The fraction of sp³-hybridized carbons (Fsp3) is 0.318. The minimum absolute atomic E-state index is 0.00673. The van der Waals surface area contributed by atoms with Crippen molar-refractivity contribution in [3.05, 3.63) is 78.1 Å². The van der Waals surface area contributed by atoms with Crippen LogP contribution in [-0.4, -0.2) is 54.0 Å². The molecule has 1 aromatic carbocycles. The highest BCUT2D eigenvalue weighted by atomic mass is 19.4. The van der Waals surface area contributed by atoms with Crippen LogP contribution in [0, 0.1) is 18.7 Å². The number of ketones is 1. The van der Waals surface area contributed by atoms with Gasteiger partial charge in [-0.2, -0.15) is 18.3 Å². The first-order valence-electron chi connectivity index (χ1n) is 10.2. The largest absolute Gasteiger partial charge is 0.419 e. The molecule has 0 saturated heterocycles. The quantitative estimate of drug-likeness (QED) is 0.369. The first-order chi connectivity index (χ1) is 16.0. The molecule has 34 heavy (non-hydrogen) atoms. The Labute approximate surface area is 191 Å². The Kier molecular flexibility index (Phi) is 6.36. The fourth-order valence-corrected chi connectivity index (χ4v) is 3.84. The zero-order valence-electron chi connectivity index (χ0n) is 17.6. The summed E-state index contributed by atoms with van der Waals surface area (Å²) in [6, 6.07) is 3.39. The van der Waals surface area contributed by atoms with Crippen molar-refractivity contribution in [2.45, 2.75) is 37.4 Å². The van der Waals surface area contributed by atoms with Crippen molar-refractivity contribution >= 4 is 11.6 Å². The molecule has 4 rings (SSSR count). The molecule has 12 heteroatoms. The van der Waals surface area contributed by atoms with Crippen molar-refractivity contribution < 1.29 is 32.6 Å². The molecule has 8 nitrogen and oxygen atoms in total. The highest BCUT2D eigenvalue weighted by molar-refractivity contribution is 6.10. The number of nitrogens with zero attached hydrogens (tertiary/aromatic N) is 4. The molecule has 1 aliphatic rings. The van der Waals surface area contributed by atoms with Crippen molar-refractivity contribution in [2.24, 2.45) is 5.92 Å². The van der Waals surface area contributed by atoms with E-state index in [-0.39, 0.29) is 35.1 Å². The second-order valence-electron chi connectivity index (χ2n) is 8.05. The molecule has 0 spiro atoms. The van der Waals surface area contributed by atoms with Crippen LogP contribution in [0.15, 0.2) is 43.0 Å². The van der Waals surface area contributed by atoms with Gasteiger partial charge in [0.25, 0.3) is 0 Å². The average Bonchev–Trinajstić information content (AvgIpc) is 3.33. The Bertz CT molecular complexity index is 1200. The second-order valence-corrected chi connectivity index (χ2v) is 8.05. The normalized spacial score (nSPS) is 22.7. The maximum absolute atomic E-state index is 13.8. The number of benzene rings is 1. The van der Waals surface area contributed by atoms with Crippen molar-refractivity contribution in [1.29, 1.82) is 0 Å². The molecule has 0 aliphatic heterocycles. The van der Waals surface area contributed by atoms with Gasteiger partial charge >= 0.3 is 6.18 Å². The summed E-state index contributed by atoms with van der Waals surface area (Å²) in [4.78, 5) is 20.9. The van der Waals surface area contributed by atoms with Crippen molar-refractivity contribution in [1.82, 2.24) is 19.7 Å². The number of aliphatic hydroxyl groups is 2. The third-order valence-electron chi connectivity index (χ3n) is 5.64. The molecule has 1 saturated carbocycles. The van der Waals surface area contributed by atoms with Gasteiger partial charge in [-0.15, -0.1) is 0 Å². The standard InChI is InChI=1S/C22H20F4N5O3/c1-11-6-17(20(34)18(11)32)29-21-13(8-27-10-28-21)19(33)16-4-5-31(30-16)9-12-2-3-14(15(23)7-12)22(24,25)26/h2-5,7-8,10-11,17-18,20,32,34H,1,6,9H2,(H,27,28,29)/t11-,17-,18-,20+/m1/s1. The monoisotopic (exact) mass is 478 g/mol. The Morgan fingerprint density at radius 3 is 2.65 bits per heavy atom. The fourth-order valence-electron chi connectivity index (χ4n) is 3.84. The van der Waals surface area contributed by atoms with Crippen molar-refractivity contribution in [3.63, 3.8) is 0 Å². The summed E-state index contributed by atoms with van der Waals surface area (Å²) in [5.41, 5.74) is -1.05. The van der Waals surface area contributed by atoms with E-state index in [1.54, 1.807) is 0 Å². The van der Waals surface area contributed by atoms with E-state index in [0.29, 0.717) is 12.5 Å². The van der Waals surface area contributed by atoms with Crippen LogP contribution in [0.2, 0.25) is 0 Å². The molecule has 3 N–H and O–H groups in total. The van der Waals surface area contributed by atoms with Gasteiger partial charge in [0.15, 0.2) is 0 Å². The minimum atomic E-state index is -4.79. The van der Waals surface area contributed by atoms with Gasteiger partial charge in [0.05, 0.1) is 29.8 Å². The van der Waals surface area contributed by atoms with Crippen molar-refractivity contribution in [2.75, 3.05) is 5.32 Å². The highest BCUT2D eigenvalue weighted by Gasteiger charge is 2.39. The zero-order valence-corrected chi connectivity index (χ0v) is 17.6. The molecule has 3 aromatic rings. The number of alkyl halides is 3. The van der Waals surface area contributed by atoms with E-state index >= 15 is 0 Å². The summed E-state index contributed by atoms with van der Waals surface area (Å²) in [7, 11) is 0. The number of nitrogens with one attached hydrogen (secondary N) is 1. The number of aliphatic hydroxyl groups excluding tert-OH is 2. The molecule has 2 heterocycles. The van der Waals surface area contributed by atoms with E-state index in [2.05, 4.69) is 27.3 Å². The summed E-state index contributed by atoms with van der Waals surface area (Å²) < 4.78 is 53.3. The number of anilines is 1. The van der Waals surface area contributed by atoms with Gasteiger partial charge in [-0.25, -0.2) is 14.4 Å². The van der Waals surface area contributed by atoms with Gasteiger partial charge in [0, 0.05) is 12.4 Å². The highest BCUT2D eigenvalue weighted by Crippen LogP contribution is 2.32. The van der Waals surface area contributed by atoms with Gasteiger partial charge in [0.2, 0.25) is 5.78 Å². The van der Waals surface area contributed by atoms with Crippen LogP contribution in [0.25, 0.3) is 0 Å². The number of carbonyl (C=O) groups is 1. The predicted molar refractivity (Wildman–Crippen MR) is 111 cm³/mol. The molecule has 1 radical (unpaired) electrons. The van der Waals surface area contributed by atoms with E-state index in [9.17, 15) is 32.6 Å². The first-order valence-corrected chi connectivity index (χ1v) is 10.2. The molecular formula is C22H20F4N5O3. The maximum Gasteiger partial charge on any atom is 0.419 e. The Morgan fingerprint density at radius 2 is 2.00 bits per heavy atom. The lowest BCUT2D eigenvalue weighted by Crippen LogP contribution is -2.35. The Balaban J connectivity index is 1.51. The van der Waals surface area contributed by atoms with Gasteiger partial charge in [-0.3, -0.25) is 9.48 Å². The van der Waals surface area contributed by atoms with Crippen LogP contribution in [0.4, 0.5) is 23.4 Å². The third kappa shape index (κ3) is 4.77. The molecule has 1 aliphatic carbocycles. The molecule has 2 aromatic heterocycles. The lowest BCUT2D eigenvalue weighted by atomic mass is 10.1. The lowest BCUT2D eigenvalue weighted by Gasteiger charge is -2.19. The Hall–Kier alpha value is -3.38. The van der Waals surface area contributed by atoms with Crippen LogP contribution in [0.5, 0.6) is 0 Å². The summed E-state index contributed by atoms with van der Waals surface area (Å²) in [5, 5.41) is 27.2. The number of halogens is 4. The van der Waals surface area contributed by atoms with Crippen LogP contribution < -0.4 is 5.32 Å². The number of carbonyl (C=O) groups excluding carboxylic acids is 1. The SMILES string of the molecule is [CH2][C@@H]1C[C@@H](Nc2ncncc2C(=O)c2ccn(Cc3ccc(C(F)(F)F)c(F)c3)n2)[C@H](O)[C@@H]1O. The molecule has 0 bridgehead atoms. The van der Waals surface area contributed by atoms with Gasteiger partial charge < -0.3 is 15.5 Å². The second kappa shape index (κ2) is 9.11. The molecular weight excluding hydrogens is 458 g/mol. The Morgan fingerprint density at radius 1 is 1.24 bits per heavy atom. The maximum atomic E-state index is 13.8. The van der Waals surface area contributed by atoms with Crippen molar-refractivity contribution in [3.8, 4) is 0 Å². The minimum Gasteiger partial charge on any atom is -0.390 e. The van der Waals surface area contributed by atoms with Crippen LogP contribution in [0.3, 0.4) is 0 Å². The zero-order chi connectivity index (χ0) is 24.6. The van der Waals surface area contributed by atoms with Gasteiger partial charge in [-0.1, -0.05) is 6.07 Å². The molecule has 0 unspecified atom stereocenters. The topological polar surface area (TPSA) is 113 Å². The summed E-state index contributed by atoms with van der Waals surface area (Å²) in [6.07, 6.45) is -2.61.